The molecule has 1 atom stereocenters. The monoisotopic (exact) mass is 252 g/mol. The van der Waals surface area contributed by atoms with Gasteiger partial charge in [-0.15, -0.1) is 0 Å². The third kappa shape index (κ3) is 2.21. The first kappa shape index (κ1) is 11.4. The van der Waals surface area contributed by atoms with Crippen LogP contribution >= 0.6 is 23.2 Å². The summed E-state index contributed by atoms with van der Waals surface area (Å²) in [7, 11) is 0. The zero-order valence-electron chi connectivity index (χ0n) is 8.49. The van der Waals surface area contributed by atoms with Crippen LogP contribution in [0.4, 0.5) is 0 Å². The smallest absolute Gasteiger partial charge is 0.146 e. The van der Waals surface area contributed by atoms with Crippen molar-refractivity contribution < 1.29 is 4.79 Å². The van der Waals surface area contributed by atoms with Crippen LogP contribution in [0.5, 0.6) is 0 Å². The molecule has 1 unspecified atom stereocenters. The summed E-state index contributed by atoms with van der Waals surface area (Å²) in [5.41, 5.74) is 1.67. The average molecular weight is 253 g/mol. The van der Waals surface area contributed by atoms with Gasteiger partial charge in [0.1, 0.15) is 6.29 Å². The Balaban J connectivity index is 2.42. The van der Waals surface area contributed by atoms with Crippen molar-refractivity contribution >= 4 is 29.5 Å². The highest BCUT2D eigenvalue weighted by Crippen LogP contribution is 2.37. The van der Waals surface area contributed by atoms with Crippen LogP contribution in [0.15, 0.2) is 47.0 Å². The predicted octanol–water partition coefficient (Wildman–Crippen LogP) is 4.08. The molecule has 0 saturated heterocycles. The van der Waals surface area contributed by atoms with Gasteiger partial charge in [-0.3, -0.25) is 4.79 Å². The van der Waals surface area contributed by atoms with Crippen molar-refractivity contribution in [1.29, 1.82) is 0 Å². The first-order valence-electron chi connectivity index (χ1n) is 4.98. The van der Waals surface area contributed by atoms with E-state index in [9.17, 15) is 4.79 Å². The maximum absolute atomic E-state index is 11.0. The van der Waals surface area contributed by atoms with Crippen LogP contribution in [0.2, 0.25) is 5.02 Å². The number of hydrogen-bond acceptors (Lipinski definition) is 1. The molecular formula is C13H10Cl2O. The molecule has 3 heteroatoms. The van der Waals surface area contributed by atoms with E-state index < -0.39 is 0 Å². The van der Waals surface area contributed by atoms with Gasteiger partial charge in [0, 0.05) is 16.0 Å². The molecule has 0 aliphatic heterocycles. The summed E-state index contributed by atoms with van der Waals surface area (Å²) >= 11 is 12.1. The lowest BCUT2D eigenvalue weighted by molar-refractivity contribution is -0.105. The first-order valence-corrected chi connectivity index (χ1v) is 5.74. The molecule has 82 valence electrons. The molecule has 1 aliphatic carbocycles. The van der Waals surface area contributed by atoms with E-state index in [2.05, 4.69) is 0 Å². The van der Waals surface area contributed by atoms with E-state index in [1.165, 1.54) is 0 Å². The van der Waals surface area contributed by atoms with Crippen molar-refractivity contribution in [3.8, 4) is 0 Å². The van der Waals surface area contributed by atoms with Crippen molar-refractivity contribution in [1.82, 2.24) is 0 Å². The molecule has 16 heavy (non-hydrogen) atoms. The van der Waals surface area contributed by atoms with Crippen LogP contribution < -0.4 is 0 Å². The molecule has 0 aromatic heterocycles. The van der Waals surface area contributed by atoms with E-state index in [0.717, 1.165) is 22.5 Å². The molecule has 0 bridgehead atoms. The van der Waals surface area contributed by atoms with Crippen LogP contribution in [0.1, 0.15) is 17.9 Å². The van der Waals surface area contributed by atoms with Crippen LogP contribution in [-0.2, 0) is 4.79 Å². The number of carbonyl (C=O) groups is 1. The Morgan fingerprint density at radius 3 is 2.62 bits per heavy atom. The van der Waals surface area contributed by atoms with Gasteiger partial charge in [0.25, 0.3) is 0 Å². The standard InChI is InChI=1S/C13H10Cl2O/c14-10-6-5-9(8-16)12(7-10)11-3-1-2-4-13(11)15/h1-6,8,12H,7H2. The number of carbonyl (C=O) groups excluding carboxylic acids is 1. The second-order valence-corrected chi connectivity index (χ2v) is 4.57. The number of rotatable bonds is 2. The molecule has 1 nitrogen and oxygen atoms in total. The van der Waals surface area contributed by atoms with Gasteiger partial charge in [-0.2, -0.15) is 0 Å². The molecule has 0 fully saturated rings. The number of aldehydes is 1. The Hall–Kier alpha value is -1.05. The first-order chi connectivity index (χ1) is 7.72. The molecule has 0 radical (unpaired) electrons. The Labute approximate surface area is 104 Å². The Morgan fingerprint density at radius 2 is 1.94 bits per heavy atom. The number of hydrogen-bond donors (Lipinski definition) is 0. The number of allylic oxidation sites excluding steroid dienone is 4. The molecule has 0 amide bonds. The highest BCUT2D eigenvalue weighted by molar-refractivity contribution is 6.31. The minimum Gasteiger partial charge on any atom is -0.298 e. The quantitative estimate of drug-likeness (QED) is 0.726. The van der Waals surface area contributed by atoms with Gasteiger partial charge in [0.05, 0.1) is 0 Å². The van der Waals surface area contributed by atoms with E-state index >= 15 is 0 Å². The zero-order chi connectivity index (χ0) is 11.5. The van der Waals surface area contributed by atoms with Crippen molar-refractivity contribution in [3.63, 3.8) is 0 Å². The van der Waals surface area contributed by atoms with Gasteiger partial charge in [0.15, 0.2) is 0 Å². The largest absolute Gasteiger partial charge is 0.298 e. The van der Waals surface area contributed by atoms with E-state index in [4.69, 9.17) is 23.2 Å². The fourth-order valence-corrected chi connectivity index (χ4v) is 2.34. The van der Waals surface area contributed by atoms with E-state index in [-0.39, 0.29) is 5.92 Å². The second kappa shape index (κ2) is 4.86. The highest BCUT2D eigenvalue weighted by Gasteiger charge is 2.21. The van der Waals surface area contributed by atoms with E-state index in [1.54, 1.807) is 12.2 Å². The van der Waals surface area contributed by atoms with Gasteiger partial charge < -0.3 is 0 Å². The molecule has 1 aromatic rings. The van der Waals surface area contributed by atoms with E-state index in [1.807, 2.05) is 24.3 Å². The van der Waals surface area contributed by atoms with Gasteiger partial charge >= 0.3 is 0 Å². The van der Waals surface area contributed by atoms with Gasteiger partial charge in [-0.05, 0) is 29.7 Å². The molecule has 0 heterocycles. The van der Waals surface area contributed by atoms with Crippen LogP contribution in [0.25, 0.3) is 0 Å². The van der Waals surface area contributed by atoms with Gasteiger partial charge in [0.2, 0.25) is 0 Å². The predicted molar refractivity (Wildman–Crippen MR) is 66.9 cm³/mol. The lowest BCUT2D eigenvalue weighted by atomic mass is 9.86. The summed E-state index contributed by atoms with van der Waals surface area (Å²) in [6.45, 7) is 0. The van der Waals surface area contributed by atoms with Gasteiger partial charge in [-0.25, -0.2) is 0 Å². The number of benzene rings is 1. The summed E-state index contributed by atoms with van der Waals surface area (Å²) in [4.78, 5) is 11.0. The Kier molecular flexibility index (Phi) is 3.47. The Morgan fingerprint density at radius 1 is 1.19 bits per heavy atom. The minimum atomic E-state index is -0.0244. The zero-order valence-corrected chi connectivity index (χ0v) is 10.0. The Bertz CT molecular complexity index is 475. The molecule has 1 aromatic carbocycles. The fraction of sp³-hybridized carbons (Fsp3) is 0.154. The summed E-state index contributed by atoms with van der Waals surface area (Å²) in [5.74, 6) is -0.0244. The molecular weight excluding hydrogens is 243 g/mol. The van der Waals surface area contributed by atoms with E-state index in [0.29, 0.717) is 11.4 Å². The van der Waals surface area contributed by atoms with Crippen LogP contribution in [0, 0.1) is 0 Å². The molecule has 1 aliphatic rings. The normalized spacial score (nSPS) is 20.0. The number of halogens is 2. The minimum absolute atomic E-state index is 0.0244. The summed E-state index contributed by atoms with van der Waals surface area (Å²) < 4.78 is 0. The average Bonchev–Trinajstić information content (AvgIpc) is 2.29. The lowest BCUT2D eigenvalue weighted by Crippen LogP contribution is -2.07. The second-order valence-electron chi connectivity index (χ2n) is 3.68. The summed E-state index contributed by atoms with van der Waals surface area (Å²) in [5, 5.41) is 1.42. The van der Waals surface area contributed by atoms with Crippen molar-refractivity contribution in [3.05, 3.63) is 57.6 Å². The van der Waals surface area contributed by atoms with Gasteiger partial charge in [-0.1, -0.05) is 47.5 Å². The lowest BCUT2D eigenvalue weighted by Gasteiger charge is -2.21. The van der Waals surface area contributed by atoms with Crippen LogP contribution in [0.3, 0.4) is 0 Å². The highest BCUT2D eigenvalue weighted by atomic mass is 35.5. The topological polar surface area (TPSA) is 17.1 Å². The van der Waals surface area contributed by atoms with Crippen molar-refractivity contribution in [2.45, 2.75) is 12.3 Å². The SMILES string of the molecule is O=CC1=CC=C(Cl)CC1c1ccccc1Cl. The molecule has 2 rings (SSSR count). The fourth-order valence-electron chi connectivity index (χ4n) is 1.85. The third-order valence-corrected chi connectivity index (χ3v) is 3.30. The molecule has 0 saturated carbocycles. The van der Waals surface area contributed by atoms with Crippen molar-refractivity contribution in [2.24, 2.45) is 0 Å². The molecule has 0 N–H and O–H groups in total. The maximum Gasteiger partial charge on any atom is 0.146 e. The third-order valence-electron chi connectivity index (χ3n) is 2.67. The summed E-state index contributed by atoms with van der Waals surface area (Å²) in [6.07, 6.45) is 5.02. The van der Waals surface area contributed by atoms with Crippen molar-refractivity contribution in [2.75, 3.05) is 0 Å². The summed E-state index contributed by atoms with van der Waals surface area (Å²) in [6, 6.07) is 7.54. The maximum atomic E-state index is 11.0. The molecule has 0 spiro atoms. The van der Waals surface area contributed by atoms with Crippen LogP contribution in [-0.4, -0.2) is 6.29 Å².